The second-order valence-corrected chi connectivity index (χ2v) is 6.91. The molecule has 0 spiro atoms. The van der Waals surface area contributed by atoms with Crippen LogP contribution in [0, 0.1) is 6.92 Å². The van der Waals surface area contributed by atoms with Crippen molar-refractivity contribution in [3.63, 3.8) is 0 Å². The predicted molar refractivity (Wildman–Crippen MR) is 82.3 cm³/mol. The first-order valence-electron chi connectivity index (χ1n) is 6.33. The fraction of sp³-hybridized carbons (Fsp3) is 0.500. The van der Waals surface area contributed by atoms with Crippen LogP contribution < -0.4 is 16.4 Å². The number of nitrogens with one attached hydrogen (secondary N) is 2. The fourth-order valence-corrected chi connectivity index (χ4v) is 3.78. The lowest BCUT2D eigenvalue weighted by Crippen LogP contribution is -2.42. The third-order valence-corrected chi connectivity index (χ3v) is 4.78. The Hall–Kier alpha value is -1.61. The maximum Gasteiger partial charge on any atom is 0.321 e. The molecule has 0 bridgehead atoms. The number of carbonyl (C=O) groups excluding carboxylic acids is 3. The Kier molecular flexibility index (Phi) is 6.63. The van der Waals surface area contributed by atoms with E-state index in [1.54, 1.807) is 20.8 Å². The lowest BCUT2D eigenvalue weighted by atomic mass is 10.3. The number of rotatable bonds is 6. The molecule has 0 aliphatic carbocycles. The molecule has 0 saturated heterocycles. The summed E-state index contributed by atoms with van der Waals surface area (Å²) < 4.78 is 0.669. The number of nitrogens with two attached hydrogens (primary N) is 1. The molecule has 0 aliphatic rings. The van der Waals surface area contributed by atoms with Gasteiger partial charge in [-0.05, 0) is 20.8 Å². The van der Waals surface area contributed by atoms with Crippen molar-refractivity contribution in [2.75, 3.05) is 6.54 Å². The first kappa shape index (κ1) is 17.4. The number of hydrogen-bond donors (Lipinski definition) is 3. The van der Waals surface area contributed by atoms with E-state index in [9.17, 15) is 14.4 Å². The van der Waals surface area contributed by atoms with Crippen molar-refractivity contribution in [3.8, 4) is 0 Å². The van der Waals surface area contributed by atoms with Gasteiger partial charge in [-0.15, -0.1) is 11.3 Å². The number of aryl methyl sites for hydroxylation is 1. The Labute approximate surface area is 131 Å². The summed E-state index contributed by atoms with van der Waals surface area (Å²) in [5.41, 5.74) is 5.89. The molecule has 9 heteroatoms. The smallest absolute Gasteiger partial charge is 0.321 e. The van der Waals surface area contributed by atoms with Gasteiger partial charge in [0.25, 0.3) is 0 Å². The lowest BCUT2D eigenvalue weighted by molar-refractivity contribution is -0.119. The number of primary amides is 1. The van der Waals surface area contributed by atoms with Crippen molar-refractivity contribution in [3.05, 3.63) is 10.6 Å². The van der Waals surface area contributed by atoms with Gasteiger partial charge in [0, 0.05) is 11.4 Å². The summed E-state index contributed by atoms with van der Waals surface area (Å²) >= 11 is 2.57. The number of hydrogen-bond acceptors (Lipinski definition) is 6. The molecular weight excluding hydrogens is 312 g/mol. The molecule has 0 fully saturated rings. The average Bonchev–Trinajstić information content (AvgIpc) is 2.68. The van der Waals surface area contributed by atoms with E-state index in [1.165, 1.54) is 23.1 Å². The minimum Gasteiger partial charge on any atom is -0.369 e. The zero-order chi connectivity index (χ0) is 16.0. The normalized spacial score (nSPS) is 11.8. The molecule has 1 atom stereocenters. The van der Waals surface area contributed by atoms with E-state index in [4.69, 9.17) is 5.73 Å². The molecule has 1 rings (SSSR count). The van der Waals surface area contributed by atoms with Crippen LogP contribution in [0.4, 0.5) is 4.79 Å². The van der Waals surface area contributed by atoms with Crippen molar-refractivity contribution >= 4 is 40.9 Å². The highest BCUT2D eigenvalue weighted by Gasteiger charge is 2.19. The lowest BCUT2D eigenvalue weighted by Gasteiger charge is -2.09. The SMILES string of the molecule is CCNC(=O)NC(=O)C(C)Sc1nc(C)c(CC(N)=O)s1. The minimum absolute atomic E-state index is 0.142. The molecule has 7 nitrogen and oxygen atoms in total. The van der Waals surface area contributed by atoms with Gasteiger partial charge in [-0.3, -0.25) is 14.9 Å². The molecule has 116 valence electrons. The molecule has 1 aromatic heterocycles. The summed E-state index contributed by atoms with van der Waals surface area (Å²) in [7, 11) is 0. The van der Waals surface area contributed by atoms with E-state index < -0.39 is 23.1 Å². The van der Waals surface area contributed by atoms with Crippen LogP contribution in [-0.4, -0.2) is 34.6 Å². The van der Waals surface area contributed by atoms with E-state index >= 15 is 0 Å². The predicted octanol–water partition coefficient (Wildman–Crippen LogP) is 0.806. The van der Waals surface area contributed by atoms with Gasteiger partial charge in [-0.1, -0.05) is 11.8 Å². The number of thioether (sulfide) groups is 1. The number of urea groups is 1. The minimum atomic E-state index is -0.514. The highest BCUT2D eigenvalue weighted by Crippen LogP contribution is 2.30. The van der Waals surface area contributed by atoms with Gasteiger partial charge in [0.1, 0.15) is 0 Å². The third kappa shape index (κ3) is 5.72. The van der Waals surface area contributed by atoms with Crippen LogP contribution in [0.25, 0.3) is 0 Å². The second kappa shape index (κ2) is 7.99. The molecule has 0 radical (unpaired) electrons. The number of carbonyl (C=O) groups is 3. The highest BCUT2D eigenvalue weighted by molar-refractivity contribution is 8.02. The van der Waals surface area contributed by atoms with Gasteiger partial charge in [0.05, 0.1) is 17.4 Å². The Morgan fingerprint density at radius 1 is 1.43 bits per heavy atom. The summed E-state index contributed by atoms with van der Waals surface area (Å²) in [4.78, 5) is 39.1. The molecule has 21 heavy (non-hydrogen) atoms. The molecule has 4 N–H and O–H groups in total. The monoisotopic (exact) mass is 330 g/mol. The molecule has 1 heterocycles. The number of thiazole rings is 1. The Bertz CT molecular complexity index is 545. The fourth-order valence-electron chi connectivity index (χ4n) is 1.40. The highest BCUT2D eigenvalue weighted by atomic mass is 32.2. The van der Waals surface area contributed by atoms with Crippen LogP contribution in [-0.2, 0) is 16.0 Å². The van der Waals surface area contributed by atoms with Crippen molar-refractivity contribution in [2.45, 2.75) is 36.8 Å². The van der Waals surface area contributed by atoms with Gasteiger partial charge in [0.15, 0.2) is 4.34 Å². The summed E-state index contributed by atoms with van der Waals surface area (Å²) in [6.45, 7) is 5.69. The molecule has 1 aromatic rings. The van der Waals surface area contributed by atoms with Gasteiger partial charge >= 0.3 is 6.03 Å². The van der Waals surface area contributed by atoms with E-state index in [1.807, 2.05) is 0 Å². The van der Waals surface area contributed by atoms with Crippen LogP contribution in [0.1, 0.15) is 24.4 Å². The zero-order valence-electron chi connectivity index (χ0n) is 12.1. The number of nitrogens with zero attached hydrogens (tertiary/aromatic N) is 1. The Morgan fingerprint density at radius 2 is 2.10 bits per heavy atom. The van der Waals surface area contributed by atoms with Crippen LogP contribution in [0.5, 0.6) is 0 Å². The molecule has 0 aromatic carbocycles. The van der Waals surface area contributed by atoms with E-state index in [0.717, 1.165) is 10.6 Å². The van der Waals surface area contributed by atoms with Gasteiger partial charge in [0.2, 0.25) is 11.8 Å². The second-order valence-electron chi connectivity index (χ2n) is 4.24. The van der Waals surface area contributed by atoms with Crippen LogP contribution >= 0.6 is 23.1 Å². The van der Waals surface area contributed by atoms with Crippen molar-refractivity contribution in [1.82, 2.24) is 15.6 Å². The van der Waals surface area contributed by atoms with E-state index in [2.05, 4.69) is 15.6 Å². The Balaban J connectivity index is 2.62. The molecule has 1 unspecified atom stereocenters. The summed E-state index contributed by atoms with van der Waals surface area (Å²) in [5, 5.41) is 4.26. The van der Waals surface area contributed by atoms with Crippen LogP contribution in [0.2, 0.25) is 0 Å². The molecule has 0 saturated carbocycles. The summed E-state index contributed by atoms with van der Waals surface area (Å²) in [6.07, 6.45) is 0.142. The number of aromatic nitrogens is 1. The number of amides is 4. The first-order valence-corrected chi connectivity index (χ1v) is 8.03. The standard InChI is InChI=1S/C12H18N4O3S2/c1-4-14-11(19)16-10(18)7(3)20-12-15-6(2)8(21-12)5-9(13)17/h7H,4-5H2,1-3H3,(H2,13,17)(H2,14,16,18,19). The number of imide groups is 1. The summed E-state index contributed by atoms with van der Waals surface area (Å²) in [6, 6.07) is -0.514. The maximum absolute atomic E-state index is 11.8. The van der Waals surface area contributed by atoms with Crippen molar-refractivity contribution in [1.29, 1.82) is 0 Å². The van der Waals surface area contributed by atoms with Crippen molar-refractivity contribution in [2.24, 2.45) is 5.73 Å². The largest absolute Gasteiger partial charge is 0.369 e. The molecule has 4 amide bonds. The Morgan fingerprint density at radius 3 is 2.67 bits per heavy atom. The zero-order valence-corrected chi connectivity index (χ0v) is 13.7. The first-order chi connectivity index (χ1) is 9.83. The van der Waals surface area contributed by atoms with Gasteiger partial charge in [-0.25, -0.2) is 9.78 Å². The van der Waals surface area contributed by atoms with Gasteiger partial charge < -0.3 is 11.1 Å². The quantitative estimate of drug-likeness (QED) is 0.668. The summed E-state index contributed by atoms with van der Waals surface area (Å²) in [5.74, 6) is -0.810. The van der Waals surface area contributed by atoms with Crippen LogP contribution in [0.15, 0.2) is 4.34 Å². The molecule has 0 aliphatic heterocycles. The maximum atomic E-state index is 11.8. The molecular formula is C12H18N4O3S2. The third-order valence-electron chi connectivity index (χ3n) is 2.43. The topological polar surface area (TPSA) is 114 Å². The average molecular weight is 330 g/mol. The van der Waals surface area contributed by atoms with Crippen molar-refractivity contribution < 1.29 is 14.4 Å². The van der Waals surface area contributed by atoms with Crippen LogP contribution in [0.3, 0.4) is 0 Å². The van der Waals surface area contributed by atoms with E-state index in [-0.39, 0.29) is 6.42 Å². The van der Waals surface area contributed by atoms with Gasteiger partial charge in [-0.2, -0.15) is 0 Å². The van der Waals surface area contributed by atoms with E-state index in [0.29, 0.717) is 10.9 Å².